The molecular weight excluding hydrogens is 268 g/mol. The van der Waals surface area contributed by atoms with Gasteiger partial charge in [0, 0.05) is 6.54 Å². The van der Waals surface area contributed by atoms with Crippen LogP contribution in [0.4, 0.5) is 4.79 Å². The van der Waals surface area contributed by atoms with Gasteiger partial charge in [0.25, 0.3) is 0 Å². The first-order valence-electron chi connectivity index (χ1n) is 6.50. The summed E-state index contributed by atoms with van der Waals surface area (Å²) >= 11 is 1.55. The maximum Gasteiger partial charge on any atom is 0.326 e. The molecule has 7 heteroatoms. The highest BCUT2D eigenvalue weighted by Crippen LogP contribution is 2.16. The van der Waals surface area contributed by atoms with Crippen molar-refractivity contribution >= 4 is 23.8 Å². The first kappa shape index (κ1) is 16.1. The molecule has 1 heterocycles. The van der Waals surface area contributed by atoms with Crippen molar-refractivity contribution in [2.75, 3.05) is 25.2 Å². The van der Waals surface area contributed by atoms with Crippen LogP contribution in [0.1, 0.15) is 25.7 Å². The first-order chi connectivity index (χ1) is 9.10. The van der Waals surface area contributed by atoms with Gasteiger partial charge >= 0.3 is 12.0 Å². The molecule has 19 heavy (non-hydrogen) atoms. The third kappa shape index (κ3) is 4.91. The van der Waals surface area contributed by atoms with Crippen LogP contribution in [0.15, 0.2) is 0 Å². The highest BCUT2D eigenvalue weighted by Gasteiger charge is 2.29. The molecule has 0 saturated carbocycles. The summed E-state index contributed by atoms with van der Waals surface area (Å²) in [6.07, 6.45) is 4.95. The fraction of sp³-hybridized carbons (Fsp3) is 0.833. The molecule has 0 aromatic heterocycles. The van der Waals surface area contributed by atoms with Crippen molar-refractivity contribution in [1.82, 2.24) is 10.2 Å². The number of hydrogen-bond donors (Lipinski definition) is 3. The van der Waals surface area contributed by atoms with E-state index in [-0.39, 0.29) is 18.7 Å². The molecule has 110 valence electrons. The van der Waals surface area contributed by atoms with Gasteiger partial charge in [0.1, 0.15) is 6.04 Å². The fourth-order valence-electron chi connectivity index (χ4n) is 2.18. The van der Waals surface area contributed by atoms with Gasteiger partial charge in [-0.25, -0.2) is 9.59 Å². The Bertz CT molecular complexity index is 314. The average Bonchev–Trinajstić information content (AvgIpc) is 2.42. The zero-order chi connectivity index (χ0) is 14.3. The minimum Gasteiger partial charge on any atom is -0.480 e. The van der Waals surface area contributed by atoms with E-state index >= 15 is 0 Å². The second-order valence-electron chi connectivity index (χ2n) is 4.65. The van der Waals surface area contributed by atoms with Gasteiger partial charge in [-0.05, 0) is 37.7 Å². The molecular formula is C12H22N2O4S. The molecule has 2 amide bonds. The number of aliphatic carboxylic acids is 1. The van der Waals surface area contributed by atoms with Crippen LogP contribution >= 0.6 is 11.8 Å². The second kappa shape index (κ2) is 8.27. The van der Waals surface area contributed by atoms with Crippen molar-refractivity contribution in [1.29, 1.82) is 0 Å². The quantitative estimate of drug-likeness (QED) is 0.671. The highest BCUT2D eigenvalue weighted by molar-refractivity contribution is 7.98. The summed E-state index contributed by atoms with van der Waals surface area (Å²) in [7, 11) is 0. The Morgan fingerprint density at radius 1 is 1.47 bits per heavy atom. The monoisotopic (exact) mass is 290 g/mol. The molecule has 0 aromatic carbocycles. The predicted octanol–water partition coefficient (Wildman–Crippen LogP) is 0.749. The lowest BCUT2D eigenvalue weighted by Gasteiger charge is -2.35. The third-order valence-electron chi connectivity index (χ3n) is 3.31. The molecule has 0 aromatic rings. The van der Waals surface area contributed by atoms with E-state index in [1.165, 1.54) is 0 Å². The number of rotatable bonds is 6. The van der Waals surface area contributed by atoms with Gasteiger partial charge in [-0.15, -0.1) is 0 Å². The Kier molecular flexibility index (Phi) is 7.01. The second-order valence-corrected chi connectivity index (χ2v) is 5.63. The van der Waals surface area contributed by atoms with Gasteiger partial charge in [0.05, 0.1) is 12.6 Å². The number of carbonyl (C=O) groups is 2. The van der Waals surface area contributed by atoms with E-state index in [4.69, 9.17) is 5.11 Å². The third-order valence-corrected chi connectivity index (χ3v) is 3.95. The summed E-state index contributed by atoms with van der Waals surface area (Å²) in [5.41, 5.74) is 0. The van der Waals surface area contributed by atoms with Crippen LogP contribution in [0.2, 0.25) is 0 Å². The predicted molar refractivity (Wildman–Crippen MR) is 74.4 cm³/mol. The number of nitrogens with zero attached hydrogens (tertiary/aromatic N) is 1. The number of piperidine rings is 1. The molecule has 0 radical (unpaired) electrons. The zero-order valence-electron chi connectivity index (χ0n) is 11.2. The minimum absolute atomic E-state index is 0.0734. The number of carboxylic acid groups (broad SMARTS) is 1. The Hall–Kier alpha value is -0.950. The van der Waals surface area contributed by atoms with Crippen LogP contribution in [0.3, 0.4) is 0 Å². The van der Waals surface area contributed by atoms with Crippen LogP contribution in [0.5, 0.6) is 0 Å². The largest absolute Gasteiger partial charge is 0.480 e. The summed E-state index contributed by atoms with van der Waals surface area (Å²) in [5, 5.41) is 20.9. The Balaban J connectivity index is 2.56. The van der Waals surface area contributed by atoms with Crippen LogP contribution < -0.4 is 5.32 Å². The van der Waals surface area contributed by atoms with E-state index in [1.807, 2.05) is 6.26 Å². The van der Waals surface area contributed by atoms with Crippen molar-refractivity contribution in [3.63, 3.8) is 0 Å². The number of carboxylic acids is 1. The first-order valence-corrected chi connectivity index (χ1v) is 7.89. The fourth-order valence-corrected chi connectivity index (χ4v) is 2.65. The molecule has 0 bridgehead atoms. The van der Waals surface area contributed by atoms with Crippen molar-refractivity contribution in [3.05, 3.63) is 0 Å². The van der Waals surface area contributed by atoms with Gasteiger partial charge < -0.3 is 20.4 Å². The smallest absolute Gasteiger partial charge is 0.326 e. The molecule has 3 N–H and O–H groups in total. The minimum atomic E-state index is -1.01. The highest BCUT2D eigenvalue weighted by atomic mass is 32.2. The number of hydrogen-bond acceptors (Lipinski definition) is 4. The Labute approximate surface area is 117 Å². The number of aliphatic hydroxyl groups excluding tert-OH is 1. The van der Waals surface area contributed by atoms with Gasteiger partial charge in [-0.1, -0.05) is 0 Å². The Morgan fingerprint density at radius 2 is 2.21 bits per heavy atom. The van der Waals surface area contributed by atoms with E-state index in [2.05, 4.69) is 5.32 Å². The molecule has 1 aliphatic heterocycles. The molecule has 1 rings (SSSR count). The van der Waals surface area contributed by atoms with E-state index in [0.717, 1.165) is 19.3 Å². The molecule has 2 atom stereocenters. The molecule has 0 spiro atoms. The normalized spacial score (nSPS) is 20.9. The van der Waals surface area contributed by atoms with Crippen LogP contribution in [0.25, 0.3) is 0 Å². The van der Waals surface area contributed by atoms with Crippen LogP contribution in [-0.2, 0) is 4.79 Å². The number of aliphatic hydroxyl groups is 1. The maximum atomic E-state index is 12.1. The summed E-state index contributed by atoms with van der Waals surface area (Å²) in [6.45, 7) is 0.502. The number of carbonyl (C=O) groups excluding carboxylic acids is 1. The van der Waals surface area contributed by atoms with Gasteiger partial charge in [-0.3, -0.25) is 0 Å². The lowest BCUT2D eigenvalue weighted by Crippen LogP contribution is -2.54. The number of likely N-dealkylation sites (tertiary alicyclic amines) is 1. The van der Waals surface area contributed by atoms with Gasteiger partial charge in [0.15, 0.2) is 0 Å². The maximum absolute atomic E-state index is 12.1. The van der Waals surface area contributed by atoms with Gasteiger partial charge in [0.2, 0.25) is 0 Å². The average molecular weight is 290 g/mol. The summed E-state index contributed by atoms with van der Waals surface area (Å²) in [5.74, 6) is -0.333. The lowest BCUT2D eigenvalue weighted by atomic mass is 10.0. The van der Waals surface area contributed by atoms with Crippen molar-refractivity contribution < 1.29 is 19.8 Å². The lowest BCUT2D eigenvalue weighted by molar-refractivity contribution is -0.139. The van der Waals surface area contributed by atoms with Crippen LogP contribution in [-0.4, -0.2) is 64.4 Å². The summed E-state index contributed by atoms with van der Waals surface area (Å²) in [4.78, 5) is 24.7. The SMILES string of the molecule is CSCC[C@@H](NC(=O)N1CCCCC1CO)C(=O)O. The molecule has 1 saturated heterocycles. The molecule has 1 aliphatic rings. The molecule has 1 unspecified atom stereocenters. The topological polar surface area (TPSA) is 89.9 Å². The van der Waals surface area contributed by atoms with Crippen molar-refractivity contribution in [2.24, 2.45) is 0 Å². The standard InChI is InChI=1S/C12H22N2O4S/c1-19-7-5-10(11(16)17)13-12(18)14-6-3-2-4-9(14)8-15/h9-10,15H,2-8H2,1H3,(H,13,18)(H,16,17)/t9?,10-/m1/s1. The van der Waals surface area contributed by atoms with Crippen LogP contribution in [0, 0.1) is 0 Å². The van der Waals surface area contributed by atoms with Gasteiger partial charge in [-0.2, -0.15) is 11.8 Å². The van der Waals surface area contributed by atoms with E-state index in [9.17, 15) is 14.7 Å². The van der Waals surface area contributed by atoms with Crippen molar-refractivity contribution in [3.8, 4) is 0 Å². The number of thioether (sulfide) groups is 1. The zero-order valence-corrected chi connectivity index (χ0v) is 12.0. The van der Waals surface area contributed by atoms with E-state index < -0.39 is 12.0 Å². The molecule has 0 aliphatic carbocycles. The number of amides is 2. The summed E-state index contributed by atoms with van der Waals surface area (Å²) < 4.78 is 0. The number of urea groups is 1. The number of nitrogens with one attached hydrogen (secondary N) is 1. The van der Waals surface area contributed by atoms with E-state index in [0.29, 0.717) is 18.7 Å². The van der Waals surface area contributed by atoms with E-state index in [1.54, 1.807) is 16.7 Å². The molecule has 1 fully saturated rings. The Morgan fingerprint density at radius 3 is 2.79 bits per heavy atom. The summed E-state index contributed by atoms with van der Waals surface area (Å²) in [6, 6.07) is -1.43. The van der Waals surface area contributed by atoms with Crippen molar-refractivity contribution in [2.45, 2.75) is 37.8 Å². The molecule has 6 nitrogen and oxygen atoms in total.